The molecule has 0 saturated heterocycles. The summed E-state index contributed by atoms with van der Waals surface area (Å²) in [6.45, 7) is 0. The second-order valence-corrected chi connectivity index (χ2v) is 4.66. The zero-order chi connectivity index (χ0) is 17.3. The molecule has 0 aliphatic carbocycles. The topological polar surface area (TPSA) is 167 Å². The van der Waals surface area contributed by atoms with Crippen molar-refractivity contribution in [2.45, 2.75) is 6.42 Å². The summed E-state index contributed by atoms with van der Waals surface area (Å²) in [7, 11) is 0. The fourth-order valence-corrected chi connectivity index (χ4v) is 2.04. The molecule has 10 nitrogen and oxygen atoms in total. The Kier molecular flexibility index (Phi) is 3.90. The monoisotopic (exact) mass is 322 g/mol. The fourth-order valence-electron chi connectivity index (χ4n) is 2.04. The first-order valence-corrected chi connectivity index (χ1v) is 6.09. The minimum Gasteiger partial charge on any atom is -0.504 e. The molecule has 0 bridgehead atoms. The summed E-state index contributed by atoms with van der Waals surface area (Å²) in [5.74, 6) is -3.21. The molecule has 0 atom stereocenters. The molecule has 0 radical (unpaired) electrons. The Morgan fingerprint density at radius 2 is 1.09 bits per heavy atom. The molecule has 120 valence electrons. The van der Waals surface area contributed by atoms with Gasteiger partial charge in [-0.1, -0.05) is 0 Å². The number of rotatable bonds is 4. The molecule has 2 aromatic carbocycles. The van der Waals surface area contributed by atoms with Crippen molar-refractivity contribution in [2.24, 2.45) is 0 Å². The van der Waals surface area contributed by atoms with Crippen molar-refractivity contribution < 1.29 is 30.3 Å². The van der Waals surface area contributed by atoms with Gasteiger partial charge in [0, 0.05) is 12.1 Å². The Bertz CT molecular complexity index is 751. The maximum atomic E-state index is 10.8. The van der Waals surface area contributed by atoms with Gasteiger partial charge < -0.3 is 20.4 Å². The van der Waals surface area contributed by atoms with Crippen molar-refractivity contribution in [3.05, 3.63) is 55.6 Å². The molecule has 0 spiro atoms. The van der Waals surface area contributed by atoms with Crippen LogP contribution in [0.5, 0.6) is 23.0 Å². The molecule has 0 unspecified atom stereocenters. The van der Waals surface area contributed by atoms with Crippen LogP contribution in [0, 0.1) is 20.2 Å². The molecule has 0 fully saturated rings. The Labute approximate surface area is 127 Å². The number of nitro benzene ring substituents is 2. The minimum absolute atomic E-state index is 0.122. The molecule has 23 heavy (non-hydrogen) atoms. The molecule has 0 aliphatic heterocycles. The van der Waals surface area contributed by atoms with Crippen LogP contribution in [0.4, 0.5) is 11.4 Å². The zero-order valence-corrected chi connectivity index (χ0v) is 11.3. The number of benzene rings is 2. The number of nitrogens with zero attached hydrogens (tertiary/aromatic N) is 2. The molecule has 0 aromatic heterocycles. The minimum atomic E-state index is -0.894. The Balaban J connectivity index is 2.48. The highest BCUT2D eigenvalue weighted by atomic mass is 16.6. The highest BCUT2D eigenvalue weighted by Gasteiger charge is 2.21. The third-order valence-corrected chi connectivity index (χ3v) is 3.06. The summed E-state index contributed by atoms with van der Waals surface area (Å²) < 4.78 is 0. The van der Waals surface area contributed by atoms with Gasteiger partial charge in [-0.15, -0.1) is 0 Å². The van der Waals surface area contributed by atoms with E-state index in [0.29, 0.717) is 0 Å². The van der Waals surface area contributed by atoms with Gasteiger partial charge in [-0.05, 0) is 29.7 Å². The molecule has 2 aromatic rings. The fraction of sp³-hybridized carbons (Fsp3) is 0.0769. The lowest BCUT2D eigenvalue weighted by molar-refractivity contribution is -0.386. The maximum Gasteiger partial charge on any atom is 0.314 e. The lowest BCUT2D eigenvalue weighted by Gasteiger charge is -2.07. The number of phenols is 4. The van der Waals surface area contributed by atoms with E-state index in [1.165, 1.54) is 0 Å². The average molecular weight is 322 g/mol. The smallest absolute Gasteiger partial charge is 0.314 e. The van der Waals surface area contributed by atoms with Gasteiger partial charge >= 0.3 is 11.4 Å². The molecule has 0 saturated carbocycles. The first-order valence-electron chi connectivity index (χ1n) is 6.09. The number of phenolic OH excluding ortho intramolecular Hbond substituents is 4. The van der Waals surface area contributed by atoms with Crippen molar-refractivity contribution in [1.29, 1.82) is 0 Å². The summed E-state index contributed by atoms with van der Waals surface area (Å²) in [5, 5.41) is 59.4. The Morgan fingerprint density at radius 1 is 0.739 bits per heavy atom. The number of hydrogen-bond acceptors (Lipinski definition) is 8. The molecule has 0 amide bonds. The van der Waals surface area contributed by atoms with E-state index in [1.54, 1.807) is 0 Å². The van der Waals surface area contributed by atoms with Gasteiger partial charge in [0.15, 0.2) is 11.5 Å². The van der Waals surface area contributed by atoms with Gasteiger partial charge in [-0.25, -0.2) is 0 Å². The third-order valence-electron chi connectivity index (χ3n) is 3.06. The van der Waals surface area contributed by atoms with E-state index >= 15 is 0 Å². The van der Waals surface area contributed by atoms with Gasteiger partial charge in [0.2, 0.25) is 11.5 Å². The van der Waals surface area contributed by atoms with Crippen LogP contribution in [0.2, 0.25) is 0 Å². The summed E-state index contributed by atoms with van der Waals surface area (Å²) >= 11 is 0. The molecule has 0 aliphatic rings. The lowest BCUT2D eigenvalue weighted by Crippen LogP contribution is -1.96. The largest absolute Gasteiger partial charge is 0.504 e. The van der Waals surface area contributed by atoms with Crippen LogP contribution in [-0.4, -0.2) is 30.3 Å². The van der Waals surface area contributed by atoms with Gasteiger partial charge in [-0.3, -0.25) is 20.2 Å². The summed E-state index contributed by atoms with van der Waals surface area (Å²) in [6.07, 6.45) is -0.122. The average Bonchev–Trinajstić information content (AvgIpc) is 2.45. The second kappa shape index (κ2) is 5.67. The summed E-state index contributed by atoms with van der Waals surface area (Å²) in [4.78, 5) is 19.8. The highest BCUT2D eigenvalue weighted by molar-refractivity contribution is 5.59. The van der Waals surface area contributed by atoms with Crippen LogP contribution in [0.15, 0.2) is 24.3 Å². The third kappa shape index (κ3) is 3.05. The molecule has 4 N–H and O–H groups in total. The normalized spacial score (nSPS) is 10.4. The van der Waals surface area contributed by atoms with E-state index in [1.807, 2.05) is 0 Å². The zero-order valence-electron chi connectivity index (χ0n) is 11.3. The van der Waals surface area contributed by atoms with E-state index in [-0.39, 0.29) is 17.5 Å². The van der Waals surface area contributed by atoms with Crippen LogP contribution < -0.4 is 0 Å². The number of aromatic hydroxyl groups is 4. The van der Waals surface area contributed by atoms with Crippen molar-refractivity contribution in [2.75, 3.05) is 0 Å². The van der Waals surface area contributed by atoms with E-state index in [0.717, 1.165) is 24.3 Å². The lowest BCUT2D eigenvalue weighted by atomic mass is 10.0. The van der Waals surface area contributed by atoms with Crippen LogP contribution >= 0.6 is 0 Å². The van der Waals surface area contributed by atoms with Gasteiger partial charge in [-0.2, -0.15) is 0 Å². The molecule has 0 heterocycles. The first-order chi connectivity index (χ1) is 10.7. The predicted molar refractivity (Wildman–Crippen MR) is 75.7 cm³/mol. The predicted octanol–water partition coefficient (Wildman–Crippen LogP) is 1.92. The van der Waals surface area contributed by atoms with Gasteiger partial charge in [0.05, 0.1) is 9.85 Å². The molecular weight excluding hydrogens is 312 g/mol. The van der Waals surface area contributed by atoms with Crippen LogP contribution in [0.3, 0.4) is 0 Å². The van der Waals surface area contributed by atoms with Crippen LogP contribution in [-0.2, 0) is 6.42 Å². The standard InChI is InChI=1S/C13H10N2O8/c16-10-4-6(2-8(12(10)18)14(20)21)1-7-3-9(15(22)23)13(19)11(17)5-7/h2-5,16-19H,1H2. The van der Waals surface area contributed by atoms with Crippen molar-refractivity contribution in [3.63, 3.8) is 0 Å². The molecule has 2 rings (SSSR count). The molecular formula is C13H10N2O8. The highest BCUT2D eigenvalue weighted by Crippen LogP contribution is 2.39. The van der Waals surface area contributed by atoms with Crippen molar-refractivity contribution >= 4 is 11.4 Å². The molecule has 10 heteroatoms. The van der Waals surface area contributed by atoms with Gasteiger partial charge in [0.1, 0.15) is 0 Å². The van der Waals surface area contributed by atoms with Gasteiger partial charge in [0.25, 0.3) is 0 Å². The van der Waals surface area contributed by atoms with E-state index in [9.17, 15) is 40.7 Å². The number of nitro groups is 2. The summed E-state index contributed by atoms with van der Waals surface area (Å²) in [6, 6.07) is 4.09. The van der Waals surface area contributed by atoms with Crippen molar-refractivity contribution in [1.82, 2.24) is 0 Å². The summed E-state index contributed by atoms with van der Waals surface area (Å²) in [5.41, 5.74) is -1.10. The van der Waals surface area contributed by atoms with E-state index in [2.05, 4.69) is 0 Å². The quantitative estimate of drug-likeness (QED) is 0.376. The van der Waals surface area contributed by atoms with E-state index in [4.69, 9.17) is 0 Å². The first kappa shape index (κ1) is 15.8. The Hall–Kier alpha value is -3.56. The van der Waals surface area contributed by atoms with Crippen LogP contribution in [0.25, 0.3) is 0 Å². The maximum absolute atomic E-state index is 10.8. The van der Waals surface area contributed by atoms with E-state index < -0.39 is 44.2 Å². The Morgan fingerprint density at radius 3 is 1.39 bits per heavy atom. The van der Waals surface area contributed by atoms with Crippen molar-refractivity contribution in [3.8, 4) is 23.0 Å². The second-order valence-electron chi connectivity index (χ2n) is 4.66. The number of hydrogen-bond donors (Lipinski definition) is 4. The SMILES string of the molecule is O=[N+]([O-])c1cc(Cc2cc(O)c(O)c([N+](=O)[O-])c2)cc(O)c1O. The van der Waals surface area contributed by atoms with Crippen LogP contribution in [0.1, 0.15) is 11.1 Å².